The van der Waals surface area contributed by atoms with Gasteiger partial charge in [0.1, 0.15) is 5.58 Å². The molecule has 5 nitrogen and oxygen atoms in total. The zero-order valence-electron chi connectivity index (χ0n) is 18.0. The standard InChI is InChI=1S/C26H22ClNO4/c1-15-9-10-19(11-16(15)2)28-23(29)14-31-26-24(30)20-13-21(27)17(3)12-22(20)32-25(26)18-7-5-4-6-8-18/h4-13H,14H2,1-3H3,(H,28,29). The Morgan fingerprint density at radius 1 is 0.969 bits per heavy atom. The first-order valence-electron chi connectivity index (χ1n) is 10.2. The minimum atomic E-state index is -0.383. The lowest BCUT2D eigenvalue weighted by atomic mass is 10.1. The van der Waals surface area contributed by atoms with Gasteiger partial charge in [-0.1, -0.05) is 48.0 Å². The molecule has 0 spiro atoms. The number of halogens is 1. The lowest BCUT2D eigenvalue weighted by Crippen LogP contribution is -2.22. The SMILES string of the molecule is Cc1ccc(NC(=O)COc2c(-c3ccccc3)oc3cc(C)c(Cl)cc3c2=O)cc1C. The van der Waals surface area contributed by atoms with Crippen LogP contribution in [0.3, 0.4) is 0 Å². The predicted octanol–water partition coefficient (Wildman–Crippen LogP) is 6.06. The molecular formula is C26H22ClNO4. The normalized spacial score (nSPS) is 10.9. The van der Waals surface area contributed by atoms with Crippen molar-refractivity contribution in [1.29, 1.82) is 0 Å². The van der Waals surface area contributed by atoms with Gasteiger partial charge in [0.25, 0.3) is 5.91 Å². The molecule has 1 N–H and O–H groups in total. The van der Waals surface area contributed by atoms with Crippen molar-refractivity contribution in [2.45, 2.75) is 20.8 Å². The van der Waals surface area contributed by atoms with E-state index in [9.17, 15) is 9.59 Å². The summed E-state index contributed by atoms with van der Waals surface area (Å²) in [6.45, 7) is 5.47. The summed E-state index contributed by atoms with van der Waals surface area (Å²) < 4.78 is 11.8. The van der Waals surface area contributed by atoms with E-state index in [0.717, 1.165) is 16.7 Å². The van der Waals surface area contributed by atoms with Gasteiger partial charge in [-0.25, -0.2) is 0 Å². The number of benzene rings is 3. The topological polar surface area (TPSA) is 68.5 Å². The summed E-state index contributed by atoms with van der Waals surface area (Å²) in [5.41, 5.74) is 4.35. The summed E-state index contributed by atoms with van der Waals surface area (Å²) in [6.07, 6.45) is 0. The lowest BCUT2D eigenvalue weighted by molar-refractivity contribution is -0.118. The molecule has 0 radical (unpaired) electrons. The molecule has 0 aliphatic rings. The van der Waals surface area contributed by atoms with E-state index < -0.39 is 0 Å². The Hall–Kier alpha value is -3.57. The van der Waals surface area contributed by atoms with Crippen LogP contribution in [0.4, 0.5) is 5.69 Å². The van der Waals surface area contributed by atoms with Gasteiger partial charge in [0.15, 0.2) is 12.4 Å². The molecule has 0 fully saturated rings. The van der Waals surface area contributed by atoms with Crippen LogP contribution in [0.5, 0.6) is 5.75 Å². The number of ether oxygens (including phenoxy) is 1. The molecule has 0 aliphatic carbocycles. The number of carbonyl (C=O) groups excluding carboxylic acids is 1. The van der Waals surface area contributed by atoms with Gasteiger partial charge in [-0.05, 0) is 61.7 Å². The first-order chi connectivity index (χ1) is 15.3. The maximum Gasteiger partial charge on any atom is 0.262 e. The maximum absolute atomic E-state index is 13.3. The number of carbonyl (C=O) groups is 1. The van der Waals surface area contributed by atoms with Gasteiger partial charge in [-0.2, -0.15) is 0 Å². The average molecular weight is 448 g/mol. The van der Waals surface area contributed by atoms with Crippen LogP contribution >= 0.6 is 11.6 Å². The number of anilines is 1. The van der Waals surface area contributed by atoms with Crippen molar-refractivity contribution < 1.29 is 13.9 Å². The fourth-order valence-corrected chi connectivity index (χ4v) is 3.53. The Balaban J connectivity index is 1.69. The average Bonchev–Trinajstić information content (AvgIpc) is 2.77. The molecule has 0 aliphatic heterocycles. The fourth-order valence-electron chi connectivity index (χ4n) is 3.36. The Morgan fingerprint density at radius 2 is 1.72 bits per heavy atom. The number of hydrogen-bond donors (Lipinski definition) is 1. The quantitative estimate of drug-likeness (QED) is 0.404. The summed E-state index contributed by atoms with van der Waals surface area (Å²) in [7, 11) is 0. The van der Waals surface area contributed by atoms with Crippen LogP contribution in [0.15, 0.2) is 69.9 Å². The number of aryl methyl sites for hydroxylation is 3. The van der Waals surface area contributed by atoms with Crippen molar-refractivity contribution >= 4 is 34.2 Å². The van der Waals surface area contributed by atoms with Gasteiger partial charge in [-0.3, -0.25) is 9.59 Å². The van der Waals surface area contributed by atoms with Gasteiger partial charge in [0, 0.05) is 16.3 Å². The molecule has 0 saturated carbocycles. The zero-order valence-corrected chi connectivity index (χ0v) is 18.7. The molecule has 6 heteroatoms. The third kappa shape index (κ3) is 4.39. The third-order valence-corrected chi connectivity index (χ3v) is 5.71. The van der Waals surface area contributed by atoms with Crippen molar-refractivity contribution in [2.24, 2.45) is 0 Å². The van der Waals surface area contributed by atoms with E-state index in [4.69, 9.17) is 20.8 Å². The highest BCUT2D eigenvalue weighted by atomic mass is 35.5. The second-order valence-corrected chi connectivity index (χ2v) is 8.10. The van der Waals surface area contributed by atoms with Crippen molar-refractivity contribution in [3.8, 4) is 17.1 Å². The van der Waals surface area contributed by atoms with Crippen LogP contribution in [0.2, 0.25) is 5.02 Å². The largest absolute Gasteiger partial charge is 0.476 e. The van der Waals surface area contributed by atoms with E-state index in [1.165, 1.54) is 0 Å². The first kappa shape index (κ1) is 21.7. The molecule has 32 heavy (non-hydrogen) atoms. The highest BCUT2D eigenvalue weighted by molar-refractivity contribution is 6.32. The van der Waals surface area contributed by atoms with Gasteiger partial charge < -0.3 is 14.5 Å². The minimum absolute atomic E-state index is 0.0288. The summed E-state index contributed by atoms with van der Waals surface area (Å²) in [6, 6.07) is 18.1. The summed E-state index contributed by atoms with van der Waals surface area (Å²) in [5, 5.41) is 3.55. The van der Waals surface area contributed by atoms with Crippen molar-refractivity contribution in [3.63, 3.8) is 0 Å². The molecule has 1 amide bonds. The minimum Gasteiger partial charge on any atom is -0.476 e. The second-order valence-electron chi connectivity index (χ2n) is 7.69. The Bertz CT molecular complexity index is 1380. The van der Waals surface area contributed by atoms with Gasteiger partial charge in [0.2, 0.25) is 11.2 Å². The van der Waals surface area contributed by atoms with Gasteiger partial charge >= 0.3 is 0 Å². The van der Waals surface area contributed by atoms with Crippen LogP contribution in [-0.2, 0) is 4.79 Å². The van der Waals surface area contributed by atoms with E-state index in [2.05, 4.69) is 5.32 Å². The lowest BCUT2D eigenvalue weighted by Gasteiger charge is -2.13. The molecule has 0 bridgehead atoms. The highest BCUT2D eigenvalue weighted by Gasteiger charge is 2.19. The molecule has 0 unspecified atom stereocenters. The smallest absolute Gasteiger partial charge is 0.262 e. The number of nitrogens with one attached hydrogen (secondary N) is 1. The molecule has 3 aromatic carbocycles. The third-order valence-electron chi connectivity index (χ3n) is 5.30. The van der Waals surface area contributed by atoms with E-state index in [1.54, 1.807) is 12.1 Å². The van der Waals surface area contributed by atoms with E-state index in [1.807, 2.05) is 69.3 Å². The summed E-state index contributed by atoms with van der Waals surface area (Å²) in [5.74, 6) is -0.142. The van der Waals surface area contributed by atoms with E-state index >= 15 is 0 Å². The Labute approximate surface area is 190 Å². The number of hydrogen-bond acceptors (Lipinski definition) is 4. The zero-order chi connectivity index (χ0) is 22.8. The van der Waals surface area contributed by atoms with E-state index in [-0.39, 0.29) is 29.5 Å². The predicted molar refractivity (Wildman–Crippen MR) is 128 cm³/mol. The Morgan fingerprint density at radius 3 is 2.44 bits per heavy atom. The monoisotopic (exact) mass is 447 g/mol. The van der Waals surface area contributed by atoms with Crippen molar-refractivity contribution in [2.75, 3.05) is 11.9 Å². The molecule has 4 aromatic rings. The Kier molecular flexibility index (Phi) is 6.01. The summed E-state index contributed by atoms with van der Waals surface area (Å²) in [4.78, 5) is 25.8. The van der Waals surface area contributed by atoms with Crippen molar-refractivity contribution in [1.82, 2.24) is 0 Å². The van der Waals surface area contributed by atoms with Gasteiger partial charge in [-0.15, -0.1) is 0 Å². The molecule has 0 atom stereocenters. The van der Waals surface area contributed by atoms with Crippen molar-refractivity contribution in [3.05, 3.63) is 92.6 Å². The molecular weight excluding hydrogens is 426 g/mol. The maximum atomic E-state index is 13.3. The number of amides is 1. The molecule has 4 rings (SSSR count). The van der Waals surface area contributed by atoms with Crippen LogP contribution in [0.1, 0.15) is 16.7 Å². The van der Waals surface area contributed by atoms with Crippen LogP contribution in [0, 0.1) is 20.8 Å². The second kappa shape index (κ2) is 8.89. The highest BCUT2D eigenvalue weighted by Crippen LogP contribution is 2.32. The fraction of sp³-hybridized carbons (Fsp3) is 0.154. The number of rotatable bonds is 5. The van der Waals surface area contributed by atoms with Crippen LogP contribution < -0.4 is 15.5 Å². The van der Waals surface area contributed by atoms with Crippen LogP contribution in [0.25, 0.3) is 22.3 Å². The molecule has 1 heterocycles. The molecule has 162 valence electrons. The molecule has 0 saturated heterocycles. The van der Waals surface area contributed by atoms with E-state index in [0.29, 0.717) is 27.2 Å². The van der Waals surface area contributed by atoms with Gasteiger partial charge in [0.05, 0.1) is 5.39 Å². The van der Waals surface area contributed by atoms with Crippen LogP contribution in [-0.4, -0.2) is 12.5 Å². The first-order valence-corrected chi connectivity index (χ1v) is 10.5. The molecule has 1 aromatic heterocycles. The summed E-state index contributed by atoms with van der Waals surface area (Å²) >= 11 is 6.22. The number of fused-ring (bicyclic) bond motifs is 1.